The Kier molecular flexibility index (Phi) is 3.68. The lowest BCUT2D eigenvalue weighted by molar-refractivity contribution is -0.149. The predicted molar refractivity (Wildman–Crippen MR) is 78.0 cm³/mol. The lowest BCUT2D eigenvalue weighted by Gasteiger charge is -2.28. The molecule has 0 spiro atoms. The van der Waals surface area contributed by atoms with E-state index in [2.05, 4.69) is 5.32 Å². The molecule has 3 rings (SSSR count). The van der Waals surface area contributed by atoms with E-state index >= 15 is 0 Å². The minimum absolute atomic E-state index is 0.386. The molecule has 0 bridgehead atoms. The van der Waals surface area contributed by atoms with Crippen molar-refractivity contribution in [2.75, 3.05) is 13.6 Å². The van der Waals surface area contributed by atoms with Gasteiger partial charge in [-0.15, -0.1) is 0 Å². The van der Waals surface area contributed by atoms with Crippen molar-refractivity contribution in [2.45, 2.75) is 12.2 Å². The molecule has 1 unspecified atom stereocenters. The maximum Gasteiger partial charge on any atom is 0.239 e. The van der Waals surface area contributed by atoms with E-state index in [1.165, 1.54) is 12.5 Å². The number of nitrogens with one attached hydrogen (secondary N) is 1. The summed E-state index contributed by atoms with van der Waals surface area (Å²) < 4.78 is 16.3. The molecule has 0 saturated heterocycles. The number of furan rings is 2. The Bertz CT molecular complexity index is 704. The van der Waals surface area contributed by atoms with E-state index in [1.54, 1.807) is 12.3 Å². The smallest absolute Gasteiger partial charge is 0.239 e. The largest absolute Gasteiger partial charge is 0.472 e. The second-order valence-corrected chi connectivity index (χ2v) is 4.84. The van der Waals surface area contributed by atoms with E-state index in [0.29, 0.717) is 24.3 Å². The van der Waals surface area contributed by atoms with Crippen LogP contribution in [0.1, 0.15) is 12.0 Å². The number of benzene rings is 1. The van der Waals surface area contributed by atoms with Gasteiger partial charge in [-0.1, -0.05) is 6.07 Å². The third-order valence-electron chi connectivity index (χ3n) is 3.42. The van der Waals surface area contributed by atoms with Crippen LogP contribution in [0.2, 0.25) is 0 Å². The molecule has 2 N–H and O–H groups in total. The highest BCUT2D eigenvalue weighted by molar-refractivity contribution is 5.83. The molecule has 2 aromatic heterocycles. The first-order chi connectivity index (χ1) is 10.2. The first-order valence-electron chi connectivity index (χ1n) is 6.78. The van der Waals surface area contributed by atoms with Crippen LogP contribution in [0.4, 0.5) is 0 Å². The standard InChI is InChI=1S/C16H17NO4/c1-17-8-7-16(18,12-5-9-19-11-12)21-15-4-2-3-14-13(15)6-10-20-14/h2-6,9-11,17-18H,7-8H2,1H3. The van der Waals surface area contributed by atoms with Crippen LogP contribution in [0.15, 0.2) is 58.0 Å². The Labute approximate surface area is 122 Å². The fraction of sp³-hybridized carbons (Fsp3) is 0.250. The highest BCUT2D eigenvalue weighted by Gasteiger charge is 2.33. The zero-order chi connectivity index (χ0) is 14.7. The maximum atomic E-state index is 10.9. The molecular formula is C16H17NO4. The highest BCUT2D eigenvalue weighted by Crippen LogP contribution is 2.34. The molecule has 0 saturated carbocycles. The van der Waals surface area contributed by atoms with Gasteiger partial charge in [-0.2, -0.15) is 0 Å². The molecule has 5 heteroatoms. The molecule has 1 atom stereocenters. The molecule has 3 aromatic rings. The van der Waals surface area contributed by atoms with Gasteiger partial charge >= 0.3 is 0 Å². The Balaban J connectivity index is 1.96. The van der Waals surface area contributed by atoms with Gasteiger partial charge in [-0.05, 0) is 31.3 Å². The normalized spacial score (nSPS) is 14.2. The van der Waals surface area contributed by atoms with Crippen LogP contribution in [0.25, 0.3) is 11.0 Å². The molecule has 0 radical (unpaired) electrons. The van der Waals surface area contributed by atoms with Crippen molar-refractivity contribution in [3.8, 4) is 5.75 Å². The first-order valence-corrected chi connectivity index (χ1v) is 6.78. The Morgan fingerprint density at radius 3 is 2.90 bits per heavy atom. The third-order valence-corrected chi connectivity index (χ3v) is 3.42. The van der Waals surface area contributed by atoms with E-state index in [0.717, 1.165) is 11.0 Å². The van der Waals surface area contributed by atoms with Crippen LogP contribution in [0, 0.1) is 0 Å². The van der Waals surface area contributed by atoms with Crippen LogP contribution >= 0.6 is 0 Å². The average Bonchev–Trinajstić information content (AvgIpc) is 3.16. The molecule has 5 nitrogen and oxygen atoms in total. The maximum absolute atomic E-state index is 10.9. The van der Waals surface area contributed by atoms with Crippen LogP contribution in [-0.4, -0.2) is 18.7 Å². The van der Waals surface area contributed by atoms with Gasteiger partial charge in [0.05, 0.1) is 29.7 Å². The zero-order valence-electron chi connectivity index (χ0n) is 11.7. The van der Waals surface area contributed by atoms with Gasteiger partial charge in [-0.3, -0.25) is 0 Å². The molecule has 21 heavy (non-hydrogen) atoms. The second kappa shape index (κ2) is 5.63. The van der Waals surface area contributed by atoms with Crippen molar-refractivity contribution in [3.05, 3.63) is 54.7 Å². The SMILES string of the molecule is CNCCC(O)(Oc1cccc2occc12)c1ccoc1. The van der Waals surface area contributed by atoms with Crippen LogP contribution in [-0.2, 0) is 5.79 Å². The average molecular weight is 287 g/mol. The molecular weight excluding hydrogens is 270 g/mol. The van der Waals surface area contributed by atoms with Crippen molar-refractivity contribution in [1.82, 2.24) is 5.32 Å². The minimum atomic E-state index is -1.46. The number of aliphatic hydroxyl groups is 1. The van der Waals surface area contributed by atoms with E-state index in [4.69, 9.17) is 13.6 Å². The minimum Gasteiger partial charge on any atom is -0.472 e. The molecule has 110 valence electrons. The van der Waals surface area contributed by atoms with Crippen molar-refractivity contribution in [1.29, 1.82) is 0 Å². The van der Waals surface area contributed by atoms with Crippen molar-refractivity contribution in [3.63, 3.8) is 0 Å². The summed E-state index contributed by atoms with van der Waals surface area (Å²) in [6.07, 6.45) is 4.99. The highest BCUT2D eigenvalue weighted by atomic mass is 16.6. The summed E-state index contributed by atoms with van der Waals surface area (Å²) in [4.78, 5) is 0. The predicted octanol–water partition coefficient (Wildman–Crippen LogP) is 2.86. The van der Waals surface area contributed by atoms with E-state index in [-0.39, 0.29) is 0 Å². The lowest BCUT2D eigenvalue weighted by atomic mass is 10.1. The fourth-order valence-corrected chi connectivity index (χ4v) is 2.27. The Morgan fingerprint density at radius 2 is 2.14 bits per heavy atom. The number of hydrogen-bond donors (Lipinski definition) is 2. The summed E-state index contributed by atoms with van der Waals surface area (Å²) in [5.74, 6) is -0.886. The molecule has 2 heterocycles. The first kappa shape index (κ1) is 13.7. The summed E-state index contributed by atoms with van der Waals surface area (Å²) in [5, 5.41) is 14.7. The molecule has 0 amide bonds. The lowest BCUT2D eigenvalue weighted by Crippen LogP contribution is -2.35. The topological polar surface area (TPSA) is 67.8 Å². The van der Waals surface area contributed by atoms with Crippen molar-refractivity contribution < 1.29 is 18.7 Å². The number of ether oxygens (including phenoxy) is 1. The van der Waals surface area contributed by atoms with Gasteiger partial charge in [0.25, 0.3) is 0 Å². The quantitative estimate of drug-likeness (QED) is 0.682. The molecule has 0 fully saturated rings. The summed E-state index contributed by atoms with van der Waals surface area (Å²) in [7, 11) is 1.83. The van der Waals surface area contributed by atoms with Gasteiger partial charge in [0.15, 0.2) is 0 Å². The number of hydrogen-bond acceptors (Lipinski definition) is 5. The molecule has 0 aliphatic carbocycles. The van der Waals surface area contributed by atoms with Crippen molar-refractivity contribution >= 4 is 11.0 Å². The fourth-order valence-electron chi connectivity index (χ4n) is 2.27. The molecule has 0 aliphatic rings. The summed E-state index contributed by atoms with van der Waals surface area (Å²) in [6.45, 7) is 0.600. The Hall–Kier alpha value is -2.24. The van der Waals surface area contributed by atoms with Gasteiger partial charge in [0.1, 0.15) is 11.3 Å². The van der Waals surface area contributed by atoms with Gasteiger partial charge in [0, 0.05) is 13.0 Å². The van der Waals surface area contributed by atoms with Gasteiger partial charge < -0.3 is 24.0 Å². The molecule has 0 aliphatic heterocycles. The Morgan fingerprint density at radius 1 is 1.24 bits per heavy atom. The van der Waals surface area contributed by atoms with Crippen molar-refractivity contribution in [2.24, 2.45) is 0 Å². The summed E-state index contributed by atoms with van der Waals surface area (Å²) in [6, 6.07) is 9.01. The van der Waals surface area contributed by atoms with E-state index in [1.807, 2.05) is 31.3 Å². The van der Waals surface area contributed by atoms with E-state index in [9.17, 15) is 5.11 Å². The van der Waals surface area contributed by atoms with Gasteiger partial charge in [-0.25, -0.2) is 0 Å². The zero-order valence-corrected chi connectivity index (χ0v) is 11.7. The van der Waals surface area contributed by atoms with Crippen LogP contribution in [0.5, 0.6) is 5.75 Å². The second-order valence-electron chi connectivity index (χ2n) is 4.84. The number of rotatable bonds is 6. The number of fused-ring (bicyclic) bond motifs is 1. The summed E-state index contributed by atoms with van der Waals surface area (Å²) in [5.41, 5.74) is 1.30. The molecule has 1 aromatic carbocycles. The van der Waals surface area contributed by atoms with Gasteiger partial charge in [0.2, 0.25) is 5.79 Å². The summed E-state index contributed by atoms with van der Waals surface area (Å²) >= 11 is 0. The van der Waals surface area contributed by atoms with Crippen LogP contribution in [0.3, 0.4) is 0 Å². The third kappa shape index (κ3) is 2.66. The monoisotopic (exact) mass is 287 g/mol. The van der Waals surface area contributed by atoms with E-state index < -0.39 is 5.79 Å². The van der Waals surface area contributed by atoms with Crippen LogP contribution < -0.4 is 10.1 Å².